The molecule has 0 spiro atoms. The quantitative estimate of drug-likeness (QED) is 0.541. The van der Waals surface area contributed by atoms with Gasteiger partial charge < -0.3 is 4.90 Å². The number of carbonyl (C=O) groups is 2. The predicted molar refractivity (Wildman–Crippen MR) is 126 cm³/mol. The van der Waals surface area contributed by atoms with Crippen LogP contribution in [0.15, 0.2) is 42.1 Å². The Morgan fingerprint density at radius 3 is 2.23 bits per heavy atom. The average Bonchev–Trinajstić information content (AvgIpc) is 2.93. The van der Waals surface area contributed by atoms with Crippen molar-refractivity contribution < 1.29 is 9.59 Å². The number of halogens is 2. The second-order valence-corrected chi connectivity index (χ2v) is 9.78. The SMILES string of the molecule is Cc1ccc(C)c(N2C(=O)C(c3ccc(Cl)cc3Cl)=C(N3CC(C)CC(C)C3)C2=O)c1. The first-order valence-corrected chi connectivity index (χ1v) is 11.3. The van der Waals surface area contributed by atoms with Crippen molar-refractivity contribution in [2.75, 3.05) is 18.0 Å². The van der Waals surface area contributed by atoms with Gasteiger partial charge in [-0.3, -0.25) is 9.59 Å². The lowest BCUT2D eigenvalue weighted by molar-refractivity contribution is -0.120. The Labute approximate surface area is 193 Å². The minimum Gasteiger partial charge on any atom is -0.366 e. The van der Waals surface area contributed by atoms with Gasteiger partial charge in [-0.15, -0.1) is 0 Å². The van der Waals surface area contributed by atoms with Gasteiger partial charge in [-0.1, -0.05) is 55.2 Å². The third kappa shape index (κ3) is 3.99. The number of benzene rings is 2. The molecule has 162 valence electrons. The molecule has 2 aliphatic rings. The molecule has 0 aromatic heterocycles. The highest BCUT2D eigenvalue weighted by molar-refractivity contribution is 6.47. The molecule has 2 aromatic rings. The smallest absolute Gasteiger partial charge is 0.282 e. The Kier molecular flexibility index (Phi) is 5.89. The van der Waals surface area contributed by atoms with Crippen LogP contribution in [0.1, 0.15) is 37.0 Å². The molecule has 0 saturated carbocycles. The number of aryl methyl sites for hydroxylation is 2. The van der Waals surface area contributed by atoms with E-state index in [1.54, 1.807) is 18.2 Å². The van der Waals surface area contributed by atoms with Gasteiger partial charge in [0.25, 0.3) is 11.8 Å². The molecule has 0 radical (unpaired) electrons. The van der Waals surface area contributed by atoms with Gasteiger partial charge in [-0.2, -0.15) is 0 Å². The van der Waals surface area contributed by atoms with E-state index < -0.39 is 0 Å². The summed E-state index contributed by atoms with van der Waals surface area (Å²) in [6, 6.07) is 10.8. The minimum atomic E-state index is -0.344. The summed E-state index contributed by atoms with van der Waals surface area (Å²) < 4.78 is 0. The summed E-state index contributed by atoms with van der Waals surface area (Å²) in [5.74, 6) is 0.219. The molecule has 2 aliphatic heterocycles. The molecule has 2 unspecified atom stereocenters. The number of rotatable bonds is 3. The maximum Gasteiger partial charge on any atom is 0.282 e. The van der Waals surface area contributed by atoms with E-state index in [1.807, 2.05) is 32.0 Å². The monoisotopic (exact) mass is 456 g/mol. The number of hydrogen-bond acceptors (Lipinski definition) is 3. The maximum atomic E-state index is 13.8. The molecule has 2 aromatic carbocycles. The highest BCUT2D eigenvalue weighted by Gasteiger charge is 2.44. The van der Waals surface area contributed by atoms with E-state index >= 15 is 0 Å². The van der Waals surface area contributed by atoms with Gasteiger partial charge in [0.05, 0.1) is 16.3 Å². The number of anilines is 1. The Morgan fingerprint density at radius 1 is 0.903 bits per heavy atom. The Hall–Kier alpha value is -2.30. The third-order valence-electron chi connectivity index (χ3n) is 6.05. The summed E-state index contributed by atoms with van der Waals surface area (Å²) in [5, 5.41) is 0.848. The molecule has 2 amide bonds. The van der Waals surface area contributed by atoms with Gasteiger partial charge >= 0.3 is 0 Å². The highest BCUT2D eigenvalue weighted by atomic mass is 35.5. The molecule has 0 bridgehead atoms. The van der Waals surface area contributed by atoms with Gasteiger partial charge in [0, 0.05) is 23.7 Å². The average molecular weight is 457 g/mol. The molecule has 31 heavy (non-hydrogen) atoms. The van der Waals surface area contributed by atoms with E-state index in [0.29, 0.717) is 44.4 Å². The van der Waals surface area contributed by atoms with Crippen molar-refractivity contribution in [1.29, 1.82) is 0 Å². The van der Waals surface area contributed by atoms with Crippen molar-refractivity contribution in [1.82, 2.24) is 4.90 Å². The fraction of sp³-hybridized carbons (Fsp3) is 0.360. The van der Waals surface area contributed by atoms with Crippen LogP contribution < -0.4 is 4.90 Å². The van der Waals surface area contributed by atoms with Crippen LogP contribution in [-0.2, 0) is 9.59 Å². The van der Waals surface area contributed by atoms with Crippen LogP contribution in [0.2, 0.25) is 10.0 Å². The second-order valence-electron chi connectivity index (χ2n) is 8.93. The van der Waals surface area contributed by atoms with Crippen LogP contribution in [0.5, 0.6) is 0 Å². The molecule has 2 atom stereocenters. The Balaban J connectivity index is 1.90. The fourth-order valence-electron chi connectivity index (χ4n) is 4.77. The summed E-state index contributed by atoms with van der Waals surface area (Å²) in [6.45, 7) is 9.69. The summed E-state index contributed by atoms with van der Waals surface area (Å²) >= 11 is 12.6. The van der Waals surface area contributed by atoms with Gasteiger partial charge in [0.2, 0.25) is 0 Å². The van der Waals surface area contributed by atoms with Crippen molar-refractivity contribution >= 4 is 46.3 Å². The zero-order valence-electron chi connectivity index (χ0n) is 18.2. The number of likely N-dealkylation sites (tertiary alicyclic amines) is 1. The van der Waals surface area contributed by atoms with E-state index in [4.69, 9.17) is 23.2 Å². The Bertz CT molecular complexity index is 1100. The molecule has 4 nitrogen and oxygen atoms in total. The van der Waals surface area contributed by atoms with Gasteiger partial charge in [0.15, 0.2) is 0 Å². The minimum absolute atomic E-state index is 0.291. The van der Waals surface area contributed by atoms with Gasteiger partial charge in [0.1, 0.15) is 5.70 Å². The molecule has 0 N–H and O–H groups in total. The number of carbonyl (C=O) groups excluding carboxylic acids is 2. The third-order valence-corrected chi connectivity index (χ3v) is 6.60. The van der Waals surface area contributed by atoms with Gasteiger partial charge in [-0.05, 0) is 61.4 Å². The first kappa shape index (κ1) is 21.9. The summed E-state index contributed by atoms with van der Waals surface area (Å²) in [7, 11) is 0. The standard InChI is InChI=1S/C25H26Cl2N2O2/c1-14-5-6-17(4)21(10-14)29-24(30)22(19-8-7-18(26)11-20(19)27)23(25(29)31)28-12-15(2)9-16(3)13-28/h5-8,10-11,15-16H,9,12-13H2,1-4H3. The largest absolute Gasteiger partial charge is 0.366 e. The molecule has 1 fully saturated rings. The molecular formula is C25H26Cl2N2O2. The Morgan fingerprint density at radius 2 is 1.58 bits per heavy atom. The number of imide groups is 1. The summed E-state index contributed by atoms with van der Waals surface area (Å²) in [5.41, 5.74) is 3.81. The number of piperidine rings is 1. The highest BCUT2D eigenvalue weighted by Crippen LogP contribution is 2.40. The van der Waals surface area contributed by atoms with Crippen LogP contribution in [0.3, 0.4) is 0 Å². The normalized spacial score (nSPS) is 22.0. The second kappa shape index (κ2) is 8.33. The molecule has 1 saturated heterocycles. The molecule has 2 heterocycles. The van der Waals surface area contributed by atoms with Crippen molar-refractivity contribution in [3.63, 3.8) is 0 Å². The zero-order chi connectivity index (χ0) is 22.4. The van der Waals surface area contributed by atoms with Crippen LogP contribution in [0.4, 0.5) is 5.69 Å². The maximum absolute atomic E-state index is 13.8. The van der Waals surface area contributed by atoms with E-state index in [0.717, 1.165) is 30.6 Å². The first-order valence-electron chi connectivity index (χ1n) is 10.6. The van der Waals surface area contributed by atoms with Crippen LogP contribution in [0, 0.1) is 25.7 Å². The van der Waals surface area contributed by atoms with Crippen molar-refractivity contribution in [3.05, 3.63) is 68.8 Å². The molecule has 0 aliphatic carbocycles. The van der Waals surface area contributed by atoms with Crippen molar-refractivity contribution in [3.8, 4) is 0 Å². The lowest BCUT2D eigenvalue weighted by atomic mass is 9.91. The zero-order valence-corrected chi connectivity index (χ0v) is 19.7. The first-order chi connectivity index (χ1) is 14.7. The fourth-order valence-corrected chi connectivity index (χ4v) is 5.27. The van der Waals surface area contributed by atoms with Crippen LogP contribution >= 0.6 is 23.2 Å². The lowest BCUT2D eigenvalue weighted by Gasteiger charge is -2.37. The topological polar surface area (TPSA) is 40.6 Å². The van der Waals surface area contributed by atoms with Crippen molar-refractivity contribution in [2.24, 2.45) is 11.8 Å². The molecule has 4 rings (SSSR count). The van der Waals surface area contributed by atoms with Crippen LogP contribution in [0.25, 0.3) is 5.57 Å². The van der Waals surface area contributed by atoms with E-state index in [-0.39, 0.29) is 11.8 Å². The van der Waals surface area contributed by atoms with E-state index in [1.165, 1.54) is 4.90 Å². The summed E-state index contributed by atoms with van der Waals surface area (Å²) in [6.07, 6.45) is 1.10. The van der Waals surface area contributed by atoms with Gasteiger partial charge in [-0.25, -0.2) is 4.90 Å². The molecular weight excluding hydrogens is 431 g/mol. The van der Waals surface area contributed by atoms with Crippen molar-refractivity contribution in [2.45, 2.75) is 34.1 Å². The number of amides is 2. The summed E-state index contributed by atoms with van der Waals surface area (Å²) in [4.78, 5) is 30.9. The number of nitrogens with zero attached hydrogens (tertiary/aromatic N) is 2. The van der Waals surface area contributed by atoms with Crippen LogP contribution in [-0.4, -0.2) is 29.8 Å². The van der Waals surface area contributed by atoms with E-state index in [9.17, 15) is 9.59 Å². The molecule has 6 heteroatoms. The van der Waals surface area contributed by atoms with E-state index in [2.05, 4.69) is 18.7 Å². The predicted octanol–water partition coefficient (Wildman–Crippen LogP) is 5.87. The number of hydrogen-bond donors (Lipinski definition) is 0. The lowest BCUT2D eigenvalue weighted by Crippen LogP contribution is -2.42.